The molecule has 0 saturated heterocycles. The monoisotopic (exact) mass is 245 g/mol. The molecule has 18 heavy (non-hydrogen) atoms. The maximum Gasteiger partial charge on any atom is 0.273 e. The predicted molar refractivity (Wildman–Crippen MR) is 66.6 cm³/mol. The van der Waals surface area contributed by atoms with Crippen LogP contribution in [0.5, 0.6) is 0 Å². The van der Waals surface area contributed by atoms with Gasteiger partial charge in [0.25, 0.3) is 5.91 Å². The molecule has 1 heterocycles. The van der Waals surface area contributed by atoms with Crippen LogP contribution in [0, 0.1) is 0 Å². The molecule has 6 nitrogen and oxygen atoms in total. The number of rotatable bonds is 4. The zero-order valence-electron chi connectivity index (χ0n) is 10.1. The molecule has 6 heteroatoms. The molecule has 1 aromatic heterocycles. The Kier molecular flexibility index (Phi) is 3.69. The molecule has 1 amide bonds. The average molecular weight is 245 g/mol. The van der Waals surface area contributed by atoms with Crippen LogP contribution in [-0.4, -0.2) is 21.3 Å². The maximum absolute atomic E-state index is 11.8. The Balaban J connectivity index is 2.02. The molecular weight excluding hydrogens is 230 g/mol. The summed E-state index contributed by atoms with van der Waals surface area (Å²) >= 11 is 0. The van der Waals surface area contributed by atoms with Crippen molar-refractivity contribution in [2.75, 3.05) is 0 Å². The van der Waals surface area contributed by atoms with E-state index in [-0.39, 0.29) is 17.6 Å². The maximum atomic E-state index is 11.8. The molecule has 2 rings (SSSR count). The Hall–Kier alpha value is -2.21. The summed E-state index contributed by atoms with van der Waals surface area (Å²) < 4.78 is 0. The Morgan fingerprint density at radius 1 is 1.44 bits per heavy atom. The third kappa shape index (κ3) is 2.72. The van der Waals surface area contributed by atoms with Gasteiger partial charge >= 0.3 is 0 Å². The highest BCUT2D eigenvalue weighted by Crippen LogP contribution is 2.13. The van der Waals surface area contributed by atoms with E-state index in [2.05, 4.69) is 20.7 Å². The molecule has 0 aliphatic rings. The van der Waals surface area contributed by atoms with Gasteiger partial charge in [-0.05, 0) is 18.1 Å². The number of nitrogens with one attached hydrogen (secondary N) is 2. The lowest BCUT2D eigenvalue weighted by molar-refractivity contribution is 0.0935. The van der Waals surface area contributed by atoms with E-state index in [4.69, 9.17) is 5.73 Å². The summed E-state index contributed by atoms with van der Waals surface area (Å²) in [7, 11) is 0. The van der Waals surface area contributed by atoms with E-state index in [9.17, 15) is 4.79 Å². The number of H-pyrrole nitrogens is 1. The molecule has 0 bridgehead atoms. The molecule has 94 valence electrons. The zero-order chi connectivity index (χ0) is 13.0. The molecule has 1 unspecified atom stereocenters. The van der Waals surface area contributed by atoms with Crippen LogP contribution in [0.15, 0.2) is 30.5 Å². The molecule has 1 aromatic carbocycles. The van der Waals surface area contributed by atoms with Crippen molar-refractivity contribution in [2.24, 2.45) is 5.73 Å². The van der Waals surface area contributed by atoms with Crippen molar-refractivity contribution in [1.82, 2.24) is 20.7 Å². The van der Waals surface area contributed by atoms with Crippen LogP contribution in [0.3, 0.4) is 0 Å². The van der Waals surface area contributed by atoms with Crippen LogP contribution in [-0.2, 0) is 6.54 Å². The lowest BCUT2D eigenvalue weighted by Crippen LogP contribution is -2.26. The molecule has 1 atom stereocenters. The van der Waals surface area contributed by atoms with E-state index in [1.54, 1.807) is 0 Å². The van der Waals surface area contributed by atoms with E-state index in [1.165, 1.54) is 6.20 Å². The summed E-state index contributed by atoms with van der Waals surface area (Å²) in [4.78, 5) is 11.8. The van der Waals surface area contributed by atoms with Crippen molar-refractivity contribution < 1.29 is 4.79 Å². The lowest BCUT2D eigenvalue weighted by Gasteiger charge is -2.13. The summed E-state index contributed by atoms with van der Waals surface area (Å²) in [6.45, 7) is 2.43. The molecule has 4 N–H and O–H groups in total. The number of carbonyl (C=O) groups excluding carboxylic acids is 1. The molecule has 0 saturated carbocycles. The number of hydrogen-bond donors (Lipinski definition) is 3. The standard InChI is InChI=1S/C12H15N5O/c1-8(10-4-2-9(6-13)3-5-10)15-12(18)11-7-14-17-16-11/h2-5,7-8H,6,13H2,1H3,(H,15,18)(H,14,16,17). The number of benzene rings is 1. The fraction of sp³-hybridized carbons (Fsp3) is 0.250. The number of nitrogens with zero attached hydrogens (tertiary/aromatic N) is 2. The van der Waals surface area contributed by atoms with Crippen LogP contribution in [0.1, 0.15) is 34.6 Å². The fourth-order valence-electron chi connectivity index (χ4n) is 1.61. The van der Waals surface area contributed by atoms with Crippen molar-refractivity contribution in [3.8, 4) is 0 Å². The Labute approximate surface area is 105 Å². The fourth-order valence-corrected chi connectivity index (χ4v) is 1.61. The summed E-state index contributed by atoms with van der Waals surface area (Å²) in [6, 6.07) is 7.72. The second-order valence-electron chi connectivity index (χ2n) is 4.00. The predicted octanol–water partition coefficient (Wildman–Crippen LogP) is 0.754. The van der Waals surface area contributed by atoms with Gasteiger partial charge in [0.05, 0.1) is 12.2 Å². The van der Waals surface area contributed by atoms with Gasteiger partial charge in [-0.25, -0.2) is 0 Å². The van der Waals surface area contributed by atoms with Crippen molar-refractivity contribution in [3.05, 3.63) is 47.3 Å². The first kappa shape index (κ1) is 12.3. The first-order chi connectivity index (χ1) is 8.70. The Morgan fingerprint density at radius 3 is 2.72 bits per heavy atom. The second kappa shape index (κ2) is 5.42. The van der Waals surface area contributed by atoms with Gasteiger partial charge in [0.15, 0.2) is 5.69 Å². The number of carbonyl (C=O) groups is 1. The summed E-state index contributed by atoms with van der Waals surface area (Å²) in [6.07, 6.45) is 1.39. The molecule has 0 spiro atoms. The SMILES string of the molecule is CC(NC(=O)c1cn[nH]n1)c1ccc(CN)cc1. The zero-order valence-corrected chi connectivity index (χ0v) is 10.1. The Bertz CT molecular complexity index is 506. The third-order valence-electron chi connectivity index (χ3n) is 2.71. The van der Waals surface area contributed by atoms with Gasteiger partial charge in [0.1, 0.15) is 0 Å². The van der Waals surface area contributed by atoms with E-state index in [0.717, 1.165) is 11.1 Å². The highest BCUT2D eigenvalue weighted by Gasteiger charge is 2.13. The smallest absolute Gasteiger partial charge is 0.273 e. The molecule has 2 aromatic rings. The van der Waals surface area contributed by atoms with E-state index in [1.807, 2.05) is 31.2 Å². The normalized spacial score (nSPS) is 12.1. The summed E-state index contributed by atoms with van der Waals surface area (Å²) in [5, 5.41) is 12.6. The molecule has 0 aliphatic heterocycles. The molecular formula is C12H15N5O. The largest absolute Gasteiger partial charge is 0.344 e. The number of amides is 1. The first-order valence-corrected chi connectivity index (χ1v) is 5.66. The minimum Gasteiger partial charge on any atom is -0.344 e. The molecule has 0 fully saturated rings. The first-order valence-electron chi connectivity index (χ1n) is 5.66. The topological polar surface area (TPSA) is 96.7 Å². The number of nitrogens with two attached hydrogens (primary N) is 1. The number of aromatic amines is 1. The van der Waals surface area contributed by atoms with Crippen LogP contribution >= 0.6 is 0 Å². The molecule has 0 aliphatic carbocycles. The van der Waals surface area contributed by atoms with Crippen molar-refractivity contribution >= 4 is 5.91 Å². The summed E-state index contributed by atoms with van der Waals surface area (Å²) in [5.74, 6) is -0.251. The van der Waals surface area contributed by atoms with Gasteiger partial charge in [-0.15, -0.1) is 0 Å². The molecule has 0 radical (unpaired) electrons. The quantitative estimate of drug-likeness (QED) is 0.740. The van der Waals surface area contributed by atoms with E-state index in [0.29, 0.717) is 6.54 Å². The van der Waals surface area contributed by atoms with Gasteiger partial charge < -0.3 is 11.1 Å². The van der Waals surface area contributed by atoms with E-state index < -0.39 is 0 Å². The van der Waals surface area contributed by atoms with E-state index >= 15 is 0 Å². The third-order valence-corrected chi connectivity index (χ3v) is 2.71. The summed E-state index contributed by atoms with van der Waals surface area (Å²) in [5.41, 5.74) is 7.89. The van der Waals surface area contributed by atoms with Crippen LogP contribution in [0.2, 0.25) is 0 Å². The number of aromatic nitrogens is 3. The second-order valence-corrected chi connectivity index (χ2v) is 4.00. The van der Waals surface area contributed by atoms with Crippen LogP contribution in [0.25, 0.3) is 0 Å². The van der Waals surface area contributed by atoms with Crippen molar-refractivity contribution in [2.45, 2.75) is 19.5 Å². The minimum absolute atomic E-state index is 0.0963. The highest BCUT2D eigenvalue weighted by atomic mass is 16.2. The van der Waals surface area contributed by atoms with Gasteiger partial charge in [0.2, 0.25) is 0 Å². The van der Waals surface area contributed by atoms with Crippen LogP contribution < -0.4 is 11.1 Å². The van der Waals surface area contributed by atoms with Crippen molar-refractivity contribution in [3.63, 3.8) is 0 Å². The van der Waals surface area contributed by atoms with Gasteiger partial charge in [-0.2, -0.15) is 15.4 Å². The number of hydrogen-bond acceptors (Lipinski definition) is 4. The highest BCUT2D eigenvalue weighted by molar-refractivity contribution is 5.92. The van der Waals surface area contributed by atoms with Crippen LogP contribution in [0.4, 0.5) is 0 Å². The van der Waals surface area contributed by atoms with Crippen molar-refractivity contribution in [1.29, 1.82) is 0 Å². The lowest BCUT2D eigenvalue weighted by atomic mass is 10.1. The minimum atomic E-state index is -0.251. The van der Waals surface area contributed by atoms with Gasteiger partial charge in [-0.3, -0.25) is 4.79 Å². The van der Waals surface area contributed by atoms with Gasteiger partial charge in [0, 0.05) is 6.54 Å². The Morgan fingerprint density at radius 2 is 2.17 bits per heavy atom. The average Bonchev–Trinajstić information content (AvgIpc) is 2.92. The van der Waals surface area contributed by atoms with Gasteiger partial charge in [-0.1, -0.05) is 24.3 Å².